The van der Waals surface area contributed by atoms with Crippen molar-refractivity contribution in [2.24, 2.45) is 0 Å². The zero-order chi connectivity index (χ0) is 20.9. The molecule has 1 N–H and O–H groups in total. The number of hydrogen-bond donors (Lipinski definition) is 1. The summed E-state index contributed by atoms with van der Waals surface area (Å²) >= 11 is 0. The largest absolute Gasteiger partial charge is 0.341 e. The van der Waals surface area contributed by atoms with E-state index in [0.29, 0.717) is 18.7 Å². The Morgan fingerprint density at radius 2 is 1.53 bits per heavy atom. The summed E-state index contributed by atoms with van der Waals surface area (Å²) in [6.07, 6.45) is 0. The van der Waals surface area contributed by atoms with Gasteiger partial charge in [-0.25, -0.2) is 0 Å². The highest BCUT2D eigenvalue weighted by Gasteiger charge is 2.26. The number of nitrogens with one attached hydrogen (secondary N) is 1. The van der Waals surface area contributed by atoms with Gasteiger partial charge in [0.25, 0.3) is 5.91 Å². The second kappa shape index (κ2) is 9.09. The van der Waals surface area contributed by atoms with E-state index in [0.717, 1.165) is 19.6 Å². The van der Waals surface area contributed by atoms with E-state index in [4.69, 9.17) is 0 Å². The van der Waals surface area contributed by atoms with Gasteiger partial charge < -0.3 is 10.2 Å². The average molecular weight is 402 g/mol. The van der Waals surface area contributed by atoms with E-state index in [1.807, 2.05) is 23.1 Å². The smallest absolute Gasteiger partial charge is 0.251 e. The Labute approximate surface area is 177 Å². The van der Waals surface area contributed by atoms with Crippen LogP contribution in [-0.2, 0) is 11.3 Å². The molecule has 2 amide bonds. The average Bonchev–Trinajstić information content (AvgIpc) is 2.80. The van der Waals surface area contributed by atoms with Crippen LogP contribution in [0.4, 0.5) is 0 Å². The number of rotatable bonds is 5. The molecule has 4 rings (SSSR count). The molecule has 154 valence electrons. The Hall–Kier alpha value is -3.18. The molecule has 5 heteroatoms. The maximum atomic E-state index is 12.8. The zero-order valence-electron chi connectivity index (χ0n) is 17.3. The van der Waals surface area contributed by atoms with E-state index < -0.39 is 6.04 Å². The van der Waals surface area contributed by atoms with Gasteiger partial charge in [0.05, 0.1) is 0 Å². The summed E-state index contributed by atoms with van der Waals surface area (Å²) in [4.78, 5) is 29.4. The van der Waals surface area contributed by atoms with Crippen molar-refractivity contribution in [2.75, 3.05) is 26.2 Å². The summed E-state index contributed by atoms with van der Waals surface area (Å²) in [6, 6.07) is 23.3. The first-order chi connectivity index (χ1) is 14.6. The van der Waals surface area contributed by atoms with E-state index >= 15 is 0 Å². The molecule has 0 aliphatic carbocycles. The first-order valence-corrected chi connectivity index (χ1v) is 10.5. The van der Waals surface area contributed by atoms with Crippen LogP contribution in [0.15, 0.2) is 72.8 Å². The third kappa shape index (κ3) is 4.52. The number of fused-ring (bicyclic) bond motifs is 1. The normalized spacial score (nSPS) is 15.7. The van der Waals surface area contributed by atoms with Gasteiger partial charge in [0.15, 0.2) is 0 Å². The molecule has 1 aliphatic heterocycles. The van der Waals surface area contributed by atoms with Gasteiger partial charge in [-0.1, -0.05) is 60.7 Å². The monoisotopic (exact) mass is 401 g/mol. The second-order valence-corrected chi connectivity index (χ2v) is 7.80. The molecule has 0 radical (unpaired) electrons. The lowest BCUT2D eigenvalue weighted by molar-refractivity contribution is -0.134. The van der Waals surface area contributed by atoms with Crippen LogP contribution in [0.25, 0.3) is 10.8 Å². The third-order valence-electron chi connectivity index (χ3n) is 5.71. The minimum absolute atomic E-state index is 0.0240. The number of hydrogen-bond acceptors (Lipinski definition) is 3. The predicted molar refractivity (Wildman–Crippen MR) is 119 cm³/mol. The summed E-state index contributed by atoms with van der Waals surface area (Å²) in [7, 11) is 0. The third-order valence-corrected chi connectivity index (χ3v) is 5.71. The lowest BCUT2D eigenvalue weighted by Crippen LogP contribution is -2.53. The van der Waals surface area contributed by atoms with Crippen LogP contribution >= 0.6 is 0 Å². The van der Waals surface area contributed by atoms with Crippen molar-refractivity contribution in [1.29, 1.82) is 0 Å². The molecular formula is C25H27N3O2. The number of nitrogens with zero attached hydrogens (tertiary/aromatic N) is 2. The van der Waals surface area contributed by atoms with Crippen molar-refractivity contribution >= 4 is 22.6 Å². The Balaban J connectivity index is 1.31. The van der Waals surface area contributed by atoms with Crippen LogP contribution in [-0.4, -0.2) is 53.8 Å². The molecule has 0 saturated carbocycles. The highest BCUT2D eigenvalue weighted by molar-refractivity contribution is 5.97. The van der Waals surface area contributed by atoms with Crippen molar-refractivity contribution in [3.8, 4) is 0 Å². The fourth-order valence-electron chi connectivity index (χ4n) is 4.00. The molecule has 0 spiro atoms. The van der Waals surface area contributed by atoms with E-state index in [1.54, 1.807) is 19.1 Å². The number of benzene rings is 3. The van der Waals surface area contributed by atoms with Gasteiger partial charge in [-0.15, -0.1) is 0 Å². The molecule has 0 unspecified atom stereocenters. The number of carbonyl (C=O) groups is 2. The molecule has 30 heavy (non-hydrogen) atoms. The molecule has 1 atom stereocenters. The van der Waals surface area contributed by atoms with Crippen LogP contribution in [0.5, 0.6) is 0 Å². The molecule has 1 aliphatic rings. The first-order valence-electron chi connectivity index (χ1n) is 10.5. The minimum atomic E-state index is -0.540. The topological polar surface area (TPSA) is 52.7 Å². The van der Waals surface area contributed by atoms with Gasteiger partial charge in [-0.05, 0) is 35.4 Å². The van der Waals surface area contributed by atoms with Gasteiger partial charge in [0.2, 0.25) is 5.91 Å². The maximum Gasteiger partial charge on any atom is 0.251 e. The zero-order valence-corrected chi connectivity index (χ0v) is 17.3. The molecule has 3 aromatic rings. The SMILES string of the molecule is C[C@H](NC(=O)c1ccccc1)C(=O)N1CCN(Cc2cccc3ccccc23)CC1. The van der Waals surface area contributed by atoms with Gasteiger partial charge in [0.1, 0.15) is 6.04 Å². The molecule has 1 saturated heterocycles. The molecule has 5 nitrogen and oxygen atoms in total. The molecular weight excluding hydrogens is 374 g/mol. The summed E-state index contributed by atoms with van der Waals surface area (Å²) in [6.45, 7) is 5.64. The number of amides is 2. The number of piperazine rings is 1. The Kier molecular flexibility index (Phi) is 6.10. The van der Waals surface area contributed by atoms with E-state index in [9.17, 15) is 9.59 Å². The highest BCUT2D eigenvalue weighted by Crippen LogP contribution is 2.20. The van der Waals surface area contributed by atoms with Crippen molar-refractivity contribution in [2.45, 2.75) is 19.5 Å². The Morgan fingerprint density at radius 1 is 0.867 bits per heavy atom. The highest BCUT2D eigenvalue weighted by atomic mass is 16.2. The van der Waals surface area contributed by atoms with Crippen molar-refractivity contribution < 1.29 is 9.59 Å². The van der Waals surface area contributed by atoms with Crippen molar-refractivity contribution in [3.05, 3.63) is 83.9 Å². The minimum Gasteiger partial charge on any atom is -0.341 e. The second-order valence-electron chi connectivity index (χ2n) is 7.80. The molecule has 3 aromatic carbocycles. The quantitative estimate of drug-likeness (QED) is 0.714. The fraction of sp³-hybridized carbons (Fsp3) is 0.280. The van der Waals surface area contributed by atoms with Crippen LogP contribution in [0, 0.1) is 0 Å². The summed E-state index contributed by atoms with van der Waals surface area (Å²) in [5, 5.41) is 5.36. The van der Waals surface area contributed by atoms with E-state index in [-0.39, 0.29) is 11.8 Å². The van der Waals surface area contributed by atoms with Crippen LogP contribution in [0.1, 0.15) is 22.8 Å². The van der Waals surface area contributed by atoms with E-state index in [2.05, 4.69) is 52.7 Å². The first kappa shape index (κ1) is 20.1. The van der Waals surface area contributed by atoms with E-state index in [1.165, 1.54) is 16.3 Å². The molecule has 0 aromatic heterocycles. The molecule has 1 fully saturated rings. The van der Waals surface area contributed by atoms with Gasteiger partial charge in [-0.2, -0.15) is 0 Å². The Morgan fingerprint density at radius 3 is 2.30 bits per heavy atom. The van der Waals surface area contributed by atoms with Crippen LogP contribution in [0.3, 0.4) is 0 Å². The lowest BCUT2D eigenvalue weighted by Gasteiger charge is -2.36. The van der Waals surface area contributed by atoms with Crippen LogP contribution in [0.2, 0.25) is 0 Å². The molecule has 1 heterocycles. The van der Waals surface area contributed by atoms with Crippen molar-refractivity contribution in [3.63, 3.8) is 0 Å². The summed E-state index contributed by atoms with van der Waals surface area (Å²) in [5.74, 6) is -0.241. The van der Waals surface area contributed by atoms with Crippen LogP contribution < -0.4 is 5.32 Å². The predicted octanol–water partition coefficient (Wildman–Crippen LogP) is 3.30. The Bertz CT molecular complexity index is 1020. The van der Waals surface area contributed by atoms with Gasteiger partial charge in [0, 0.05) is 38.3 Å². The standard InChI is InChI=1S/C25H27N3O2/c1-19(26-24(29)21-9-3-2-4-10-21)25(30)28-16-14-27(15-17-28)18-22-12-7-11-20-8-5-6-13-23(20)22/h2-13,19H,14-18H2,1H3,(H,26,29)/t19-/m0/s1. The van der Waals surface area contributed by atoms with Gasteiger partial charge in [-0.3, -0.25) is 14.5 Å². The number of carbonyl (C=O) groups excluding carboxylic acids is 2. The lowest BCUT2D eigenvalue weighted by atomic mass is 10.0. The maximum absolute atomic E-state index is 12.8. The van der Waals surface area contributed by atoms with Gasteiger partial charge >= 0.3 is 0 Å². The summed E-state index contributed by atoms with van der Waals surface area (Å²) < 4.78 is 0. The van der Waals surface area contributed by atoms with Crippen molar-refractivity contribution in [1.82, 2.24) is 15.1 Å². The molecule has 0 bridgehead atoms. The fourth-order valence-corrected chi connectivity index (χ4v) is 4.00. The summed E-state index contributed by atoms with van der Waals surface area (Å²) in [5.41, 5.74) is 1.88.